The molecule has 1 atom stereocenters. The van der Waals surface area contributed by atoms with Gasteiger partial charge in [0, 0.05) is 30.9 Å². The van der Waals surface area contributed by atoms with Crippen molar-refractivity contribution in [2.45, 2.75) is 18.9 Å². The predicted octanol–water partition coefficient (Wildman–Crippen LogP) is 2.55. The molecular weight excluding hydrogens is 257 g/mol. The fourth-order valence-corrected chi connectivity index (χ4v) is 2.78. The maximum absolute atomic E-state index is 13.4. The number of hydrogen-bond acceptors (Lipinski definition) is 3. The van der Waals surface area contributed by atoms with E-state index in [0.29, 0.717) is 11.7 Å². The van der Waals surface area contributed by atoms with Gasteiger partial charge >= 0.3 is 0 Å². The fraction of sp³-hybridized carbons (Fsp3) is 0.400. The van der Waals surface area contributed by atoms with Gasteiger partial charge in [-0.1, -0.05) is 6.07 Å². The smallest absolute Gasteiger partial charge is 0.165 e. The molecule has 2 heterocycles. The summed E-state index contributed by atoms with van der Waals surface area (Å²) in [4.78, 5) is 2.37. The second-order valence-electron chi connectivity index (χ2n) is 5.20. The summed E-state index contributed by atoms with van der Waals surface area (Å²) < 4.78 is 18.4. The standard InChI is InChI=1S/C15H18FN3O/c1-20-15-8-11(2-3-13(15)16)9-19-7-5-12(10-19)14-4-6-17-18-14/h2-4,6,8,12H,5,7,9-10H2,1H3,(H,17,18)/t12-/m0/s1. The second kappa shape index (κ2) is 5.63. The van der Waals surface area contributed by atoms with E-state index in [4.69, 9.17) is 4.74 Å². The summed E-state index contributed by atoms with van der Waals surface area (Å²) in [6.45, 7) is 2.87. The molecule has 5 heteroatoms. The Morgan fingerprint density at radius 1 is 1.45 bits per heavy atom. The zero-order chi connectivity index (χ0) is 13.9. The van der Waals surface area contributed by atoms with E-state index in [-0.39, 0.29) is 5.82 Å². The zero-order valence-corrected chi connectivity index (χ0v) is 11.5. The van der Waals surface area contributed by atoms with Crippen LogP contribution < -0.4 is 4.74 Å². The number of hydrogen-bond donors (Lipinski definition) is 1. The molecular formula is C15H18FN3O. The van der Waals surface area contributed by atoms with Crippen LogP contribution in [0.2, 0.25) is 0 Å². The van der Waals surface area contributed by atoms with Crippen molar-refractivity contribution in [2.75, 3.05) is 20.2 Å². The molecule has 0 amide bonds. The SMILES string of the molecule is COc1cc(CN2CC[C@H](c3ccn[nH]3)C2)ccc1F. The van der Waals surface area contributed by atoms with Crippen molar-refractivity contribution in [3.63, 3.8) is 0 Å². The van der Waals surface area contributed by atoms with Gasteiger partial charge in [0.15, 0.2) is 11.6 Å². The molecule has 1 saturated heterocycles. The maximum Gasteiger partial charge on any atom is 0.165 e. The van der Waals surface area contributed by atoms with Gasteiger partial charge in [-0.25, -0.2) is 4.39 Å². The monoisotopic (exact) mass is 275 g/mol. The number of aromatic nitrogens is 2. The first-order chi connectivity index (χ1) is 9.76. The molecule has 1 N–H and O–H groups in total. The number of ether oxygens (including phenoxy) is 1. The van der Waals surface area contributed by atoms with E-state index in [1.54, 1.807) is 12.3 Å². The summed E-state index contributed by atoms with van der Waals surface area (Å²) >= 11 is 0. The zero-order valence-electron chi connectivity index (χ0n) is 11.5. The number of aromatic amines is 1. The first-order valence-corrected chi connectivity index (χ1v) is 6.80. The average Bonchev–Trinajstić information content (AvgIpc) is 3.11. The lowest BCUT2D eigenvalue weighted by Crippen LogP contribution is -2.19. The molecule has 1 aliphatic heterocycles. The van der Waals surface area contributed by atoms with Crippen molar-refractivity contribution >= 4 is 0 Å². The van der Waals surface area contributed by atoms with Gasteiger partial charge < -0.3 is 4.74 Å². The van der Waals surface area contributed by atoms with Crippen LogP contribution in [-0.2, 0) is 6.54 Å². The molecule has 20 heavy (non-hydrogen) atoms. The predicted molar refractivity (Wildman–Crippen MR) is 74.2 cm³/mol. The van der Waals surface area contributed by atoms with Crippen molar-refractivity contribution in [1.82, 2.24) is 15.1 Å². The van der Waals surface area contributed by atoms with Crippen LogP contribution >= 0.6 is 0 Å². The van der Waals surface area contributed by atoms with Crippen molar-refractivity contribution in [3.05, 3.63) is 47.5 Å². The highest BCUT2D eigenvalue weighted by atomic mass is 19.1. The second-order valence-corrected chi connectivity index (χ2v) is 5.20. The van der Waals surface area contributed by atoms with Crippen LogP contribution in [0, 0.1) is 5.82 Å². The van der Waals surface area contributed by atoms with Gasteiger partial charge in [0.1, 0.15) is 0 Å². The van der Waals surface area contributed by atoms with E-state index in [2.05, 4.69) is 15.1 Å². The molecule has 2 aromatic rings. The first kappa shape index (κ1) is 13.1. The van der Waals surface area contributed by atoms with Crippen molar-refractivity contribution in [3.8, 4) is 5.75 Å². The summed E-state index contributed by atoms with van der Waals surface area (Å²) in [5.74, 6) is 0.514. The minimum Gasteiger partial charge on any atom is -0.494 e. The van der Waals surface area contributed by atoms with Crippen LogP contribution in [0.15, 0.2) is 30.5 Å². The number of halogens is 1. The van der Waals surface area contributed by atoms with Gasteiger partial charge in [-0.05, 0) is 36.7 Å². The van der Waals surface area contributed by atoms with Crippen molar-refractivity contribution in [1.29, 1.82) is 0 Å². The van der Waals surface area contributed by atoms with Crippen LogP contribution in [0.4, 0.5) is 4.39 Å². The average molecular weight is 275 g/mol. The minimum absolute atomic E-state index is 0.312. The summed E-state index contributed by atoms with van der Waals surface area (Å²) in [5, 5.41) is 7.05. The molecule has 0 aliphatic carbocycles. The molecule has 1 aliphatic rings. The molecule has 106 valence electrons. The maximum atomic E-state index is 13.4. The van der Waals surface area contributed by atoms with Crippen LogP contribution in [0.1, 0.15) is 23.6 Å². The fourth-order valence-electron chi connectivity index (χ4n) is 2.78. The van der Waals surface area contributed by atoms with E-state index in [1.165, 1.54) is 18.9 Å². The summed E-state index contributed by atoms with van der Waals surface area (Å²) in [7, 11) is 1.49. The van der Waals surface area contributed by atoms with Gasteiger partial charge in [-0.2, -0.15) is 5.10 Å². The van der Waals surface area contributed by atoms with Gasteiger partial charge in [-0.15, -0.1) is 0 Å². The molecule has 1 aromatic carbocycles. The molecule has 0 unspecified atom stereocenters. The Hall–Kier alpha value is -1.88. The molecule has 0 spiro atoms. The Morgan fingerprint density at radius 2 is 2.35 bits per heavy atom. The topological polar surface area (TPSA) is 41.1 Å². The third-order valence-electron chi connectivity index (χ3n) is 3.86. The summed E-state index contributed by atoms with van der Waals surface area (Å²) in [5.41, 5.74) is 2.28. The lowest BCUT2D eigenvalue weighted by molar-refractivity contribution is 0.324. The number of likely N-dealkylation sites (tertiary alicyclic amines) is 1. The van der Waals surface area contributed by atoms with Gasteiger partial charge in [0.05, 0.1) is 7.11 Å². The third-order valence-corrected chi connectivity index (χ3v) is 3.86. The number of benzene rings is 1. The quantitative estimate of drug-likeness (QED) is 0.932. The number of H-pyrrole nitrogens is 1. The van der Waals surface area contributed by atoms with E-state index < -0.39 is 0 Å². The van der Waals surface area contributed by atoms with Crippen LogP contribution in [0.5, 0.6) is 5.75 Å². The Morgan fingerprint density at radius 3 is 3.10 bits per heavy atom. The lowest BCUT2D eigenvalue weighted by Gasteiger charge is -2.16. The largest absolute Gasteiger partial charge is 0.494 e. The highest BCUT2D eigenvalue weighted by molar-refractivity contribution is 5.30. The molecule has 1 aromatic heterocycles. The van der Waals surface area contributed by atoms with Crippen LogP contribution in [0.25, 0.3) is 0 Å². The van der Waals surface area contributed by atoms with Gasteiger partial charge in [0.25, 0.3) is 0 Å². The molecule has 3 rings (SSSR count). The highest BCUT2D eigenvalue weighted by Gasteiger charge is 2.24. The Kier molecular flexibility index (Phi) is 3.69. The summed E-state index contributed by atoms with van der Waals surface area (Å²) in [6, 6.07) is 7.10. The number of nitrogens with zero attached hydrogens (tertiary/aromatic N) is 2. The summed E-state index contributed by atoms with van der Waals surface area (Å²) in [6.07, 6.45) is 2.92. The molecule has 0 saturated carbocycles. The van der Waals surface area contributed by atoms with Gasteiger partial charge in [0.2, 0.25) is 0 Å². The minimum atomic E-state index is -0.312. The van der Waals surface area contributed by atoms with Crippen LogP contribution in [-0.4, -0.2) is 35.3 Å². The van der Waals surface area contributed by atoms with E-state index in [9.17, 15) is 4.39 Å². The highest BCUT2D eigenvalue weighted by Crippen LogP contribution is 2.27. The van der Waals surface area contributed by atoms with Gasteiger partial charge in [-0.3, -0.25) is 10.00 Å². The first-order valence-electron chi connectivity index (χ1n) is 6.80. The van der Waals surface area contributed by atoms with E-state index >= 15 is 0 Å². The number of methoxy groups -OCH3 is 1. The van der Waals surface area contributed by atoms with Crippen LogP contribution in [0.3, 0.4) is 0 Å². The third kappa shape index (κ3) is 2.67. The lowest BCUT2D eigenvalue weighted by atomic mass is 10.1. The normalized spacial score (nSPS) is 19.4. The van der Waals surface area contributed by atoms with Crippen molar-refractivity contribution in [2.24, 2.45) is 0 Å². The molecule has 0 bridgehead atoms. The van der Waals surface area contributed by atoms with E-state index in [0.717, 1.165) is 31.6 Å². The van der Waals surface area contributed by atoms with Crippen molar-refractivity contribution < 1.29 is 9.13 Å². The van der Waals surface area contributed by atoms with E-state index in [1.807, 2.05) is 12.1 Å². The molecule has 1 fully saturated rings. The Labute approximate surface area is 117 Å². The Balaban J connectivity index is 1.64. The number of rotatable bonds is 4. The molecule has 4 nitrogen and oxygen atoms in total. The number of nitrogens with one attached hydrogen (secondary N) is 1. The molecule has 0 radical (unpaired) electrons. The Bertz CT molecular complexity index is 571.